The van der Waals surface area contributed by atoms with Gasteiger partial charge in [-0.05, 0) is 49.9 Å². The Morgan fingerprint density at radius 2 is 1.80 bits per heavy atom. The molecule has 0 amide bonds. The summed E-state index contributed by atoms with van der Waals surface area (Å²) < 4.78 is 0. The van der Waals surface area contributed by atoms with E-state index in [0.29, 0.717) is 5.41 Å². The van der Waals surface area contributed by atoms with Crippen LogP contribution in [0, 0.1) is 17.3 Å². The molecule has 20 heavy (non-hydrogen) atoms. The van der Waals surface area contributed by atoms with E-state index in [1.54, 1.807) is 5.57 Å². The van der Waals surface area contributed by atoms with Gasteiger partial charge in [0, 0.05) is 0 Å². The average molecular weight is 279 g/mol. The Bertz CT molecular complexity index is 293. The standard InChI is InChI=1S/C20H38/c1-8-11-15-20(6,7)16-12-14-17(4)18(5)19(10-3)13-9-2/h8,11,13,17-18H,9-10,12,14-16H2,1-7H3. The summed E-state index contributed by atoms with van der Waals surface area (Å²) in [5.74, 6) is 1.56. The molecule has 0 heteroatoms. The fourth-order valence-corrected chi connectivity index (χ4v) is 2.97. The molecule has 0 aromatic carbocycles. The zero-order valence-corrected chi connectivity index (χ0v) is 15.1. The van der Waals surface area contributed by atoms with E-state index in [0.717, 1.165) is 11.8 Å². The second kappa shape index (κ2) is 10.2. The lowest BCUT2D eigenvalue weighted by Gasteiger charge is -2.26. The van der Waals surface area contributed by atoms with E-state index in [2.05, 4.69) is 66.7 Å². The van der Waals surface area contributed by atoms with Crippen LogP contribution in [0.1, 0.15) is 87.0 Å². The first-order valence-corrected chi connectivity index (χ1v) is 8.68. The normalized spacial score (nSPS) is 16.6. The van der Waals surface area contributed by atoms with Gasteiger partial charge in [0.15, 0.2) is 0 Å². The van der Waals surface area contributed by atoms with Gasteiger partial charge in [0.1, 0.15) is 0 Å². The summed E-state index contributed by atoms with van der Waals surface area (Å²) in [5, 5.41) is 0. The minimum absolute atomic E-state index is 0.461. The average Bonchev–Trinajstić information content (AvgIpc) is 2.41. The quantitative estimate of drug-likeness (QED) is 0.372. The van der Waals surface area contributed by atoms with E-state index in [9.17, 15) is 0 Å². The van der Waals surface area contributed by atoms with Gasteiger partial charge in [-0.3, -0.25) is 0 Å². The maximum Gasteiger partial charge on any atom is -0.0206 e. The zero-order chi connectivity index (χ0) is 15.6. The Hall–Kier alpha value is -0.520. The van der Waals surface area contributed by atoms with Gasteiger partial charge < -0.3 is 0 Å². The number of hydrogen-bond donors (Lipinski definition) is 0. The predicted molar refractivity (Wildman–Crippen MR) is 94.1 cm³/mol. The number of allylic oxidation sites excluding steroid dienone is 4. The van der Waals surface area contributed by atoms with Crippen molar-refractivity contribution in [1.82, 2.24) is 0 Å². The molecule has 0 saturated heterocycles. The van der Waals surface area contributed by atoms with E-state index in [1.807, 2.05) is 0 Å². The van der Waals surface area contributed by atoms with Crippen LogP contribution < -0.4 is 0 Å². The minimum atomic E-state index is 0.461. The van der Waals surface area contributed by atoms with Crippen LogP contribution in [0.25, 0.3) is 0 Å². The monoisotopic (exact) mass is 278 g/mol. The molecule has 0 N–H and O–H groups in total. The number of rotatable bonds is 10. The molecule has 0 radical (unpaired) electrons. The van der Waals surface area contributed by atoms with Gasteiger partial charge in [0.25, 0.3) is 0 Å². The summed E-state index contributed by atoms with van der Waals surface area (Å²) in [6.07, 6.45) is 14.6. The van der Waals surface area contributed by atoms with Gasteiger partial charge >= 0.3 is 0 Å². The molecule has 0 aliphatic carbocycles. The minimum Gasteiger partial charge on any atom is -0.0916 e. The summed E-state index contributed by atoms with van der Waals surface area (Å²) in [4.78, 5) is 0. The van der Waals surface area contributed by atoms with Crippen LogP contribution in [-0.2, 0) is 0 Å². The van der Waals surface area contributed by atoms with E-state index >= 15 is 0 Å². The Kier molecular flexibility index (Phi) is 9.98. The van der Waals surface area contributed by atoms with Crippen molar-refractivity contribution >= 4 is 0 Å². The molecule has 0 heterocycles. The van der Waals surface area contributed by atoms with Gasteiger partial charge in [-0.25, -0.2) is 0 Å². The topological polar surface area (TPSA) is 0 Å². The molecule has 0 spiro atoms. The van der Waals surface area contributed by atoms with Crippen molar-refractivity contribution in [2.45, 2.75) is 87.0 Å². The Labute approximate surface area is 128 Å². The van der Waals surface area contributed by atoms with Gasteiger partial charge in [0.2, 0.25) is 0 Å². The lowest BCUT2D eigenvalue weighted by atomic mass is 9.79. The Morgan fingerprint density at radius 1 is 1.15 bits per heavy atom. The van der Waals surface area contributed by atoms with Crippen LogP contribution in [0.15, 0.2) is 23.8 Å². The van der Waals surface area contributed by atoms with Crippen molar-refractivity contribution in [2.24, 2.45) is 17.3 Å². The van der Waals surface area contributed by atoms with Crippen LogP contribution in [0.4, 0.5) is 0 Å². The second-order valence-electron chi connectivity index (χ2n) is 7.14. The van der Waals surface area contributed by atoms with E-state index < -0.39 is 0 Å². The maximum absolute atomic E-state index is 2.44. The maximum atomic E-state index is 2.44. The molecular weight excluding hydrogens is 240 g/mol. The van der Waals surface area contributed by atoms with Crippen molar-refractivity contribution in [3.05, 3.63) is 23.8 Å². The molecule has 0 aromatic heterocycles. The fraction of sp³-hybridized carbons (Fsp3) is 0.800. The molecule has 0 aromatic rings. The summed E-state index contributed by atoms with van der Waals surface area (Å²) in [5.41, 5.74) is 2.12. The third kappa shape index (κ3) is 7.92. The van der Waals surface area contributed by atoms with Gasteiger partial charge in [-0.15, -0.1) is 0 Å². The largest absolute Gasteiger partial charge is 0.0916 e. The Morgan fingerprint density at radius 3 is 2.30 bits per heavy atom. The molecule has 2 atom stereocenters. The first-order chi connectivity index (χ1) is 9.37. The van der Waals surface area contributed by atoms with Crippen LogP contribution in [0.2, 0.25) is 0 Å². The molecule has 0 nitrogen and oxygen atoms in total. The van der Waals surface area contributed by atoms with Crippen molar-refractivity contribution in [2.75, 3.05) is 0 Å². The molecule has 0 aliphatic heterocycles. The third-order valence-corrected chi connectivity index (χ3v) is 4.73. The first kappa shape index (κ1) is 19.5. The van der Waals surface area contributed by atoms with Crippen LogP contribution in [0.3, 0.4) is 0 Å². The summed E-state index contributed by atoms with van der Waals surface area (Å²) >= 11 is 0. The molecule has 118 valence electrons. The lowest BCUT2D eigenvalue weighted by Crippen LogP contribution is -2.14. The first-order valence-electron chi connectivity index (χ1n) is 8.68. The molecule has 0 saturated carbocycles. The zero-order valence-electron chi connectivity index (χ0n) is 15.1. The van der Waals surface area contributed by atoms with Crippen LogP contribution in [0.5, 0.6) is 0 Å². The van der Waals surface area contributed by atoms with Gasteiger partial charge in [0.05, 0.1) is 0 Å². The van der Waals surface area contributed by atoms with Gasteiger partial charge in [-0.1, -0.05) is 78.2 Å². The summed E-state index contributed by atoms with van der Waals surface area (Å²) in [6.45, 7) is 16.3. The van der Waals surface area contributed by atoms with Crippen molar-refractivity contribution < 1.29 is 0 Å². The molecule has 0 rings (SSSR count). The van der Waals surface area contributed by atoms with E-state index in [1.165, 1.54) is 38.5 Å². The molecular formula is C20H38. The highest BCUT2D eigenvalue weighted by Gasteiger charge is 2.19. The summed E-state index contributed by atoms with van der Waals surface area (Å²) in [7, 11) is 0. The Balaban J connectivity index is 4.21. The highest BCUT2D eigenvalue weighted by atomic mass is 14.2. The van der Waals surface area contributed by atoms with E-state index in [4.69, 9.17) is 0 Å². The molecule has 0 aliphatic rings. The van der Waals surface area contributed by atoms with Crippen molar-refractivity contribution in [3.8, 4) is 0 Å². The SMILES string of the molecule is CC=CCC(C)(C)CCCC(C)C(C)C(=CCC)CC. The highest BCUT2D eigenvalue weighted by molar-refractivity contribution is 5.06. The summed E-state index contributed by atoms with van der Waals surface area (Å²) in [6, 6.07) is 0. The van der Waals surface area contributed by atoms with Crippen LogP contribution in [-0.4, -0.2) is 0 Å². The predicted octanol–water partition coefficient (Wildman–Crippen LogP) is 7.17. The van der Waals surface area contributed by atoms with Crippen molar-refractivity contribution in [3.63, 3.8) is 0 Å². The molecule has 0 fully saturated rings. The lowest BCUT2D eigenvalue weighted by molar-refractivity contribution is 0.298. The second-order valence-corrected chi connectivity index (χ2v) is 7.14. The highest BCUT2D eigenvalue weighted by Crippen LogP contribution is 2.32. The van der Waals surface area contributed by atoms with Crippen molar-refractivity contribution in [1.29, 1.82) is 0 Å². The fourth-order valence-electron chi connectivity index (χ4n) is 2.97. The molecule has 2 unspecified atom stereocenters. The van der Waals surface area contributed by atoms with Crippen LogP contribution >= 0.6 is 0 Å². The van der Waals surface area contributed by atoms with E-state index in [-0.39, 0.29) is 0 Å². The molecule has 0 bridgehead atoms. The number of hydrogen-bond acceptors (Lipinski definition) is 0. The smallest absolute Gasteiger partial charge is 0.0206 e. The van der Waals surface area contributed by atoms with Gasteiger partial charge in [-0.2, -0.15) is 0 Å². The third-order valence-electron chi connectivity index (χ3n) is 4.73.